The molecule has 3 amide bonds. The van der Waals surface area contributed by atoms with E-state index >= 15 is 0 Å². The Labute approximate surface area is 148 Å². The highest BCUT2D eigenvalue weighted by molar-refractivity contribution is 7.18. The van der Waals surface area contributed by atoms with Gasteiger partial charge < -0.3 is 9.80 Å². The van der Waals surface area contributed by atoms with Gasteiger partial charge in [0, 0.05) is 26.2 Å². The maximum Gasteiger partial charge on any atom is 0.320 e. The van der Waals surface area contributed by atoms with Crippen LogP contribution in [0.5, 0.6) is 0 Å². The quantitative estimate of drug-likeness (QED) is 0.908. The zero-order valence-corrected chi connectivity index (χ0v) is 14.7. The molecule has 1 aromatic carbocycles. The fraction of sp³-hybridized carbons (Fsp3) is 0.375. The number of amides is 3. The van der Waals surface area contributed by atoms with Crippen LogP contribution in [0.3, 0.4) is 0 Å². The Hall–Kier alpha value is -2.55. The first kappa shape index (κ1) is 17.3. The molecule has 2 aromatic rings. The van der Waals surface area contributed by atoms with Crippen molar-refractivity contribution in [3.63, 3.8) is 0 Å². The summed E-state index contributed by atoms with van der Waals surface area (Å²) in [5.74, 6) is -0.594. The van der Waals surface area contributed by atoms with E-state index in [1.165, 1.54) is 28.4 Å². The standard InChI is InChI=1S/C16H18FN5O2S/c1-21(2)16(24)22-9-3-4-12(22)13(23)18-15-20-19-14(25-15)10-5-7-11(17)8-6-10/h5-8,12H,3-4,9H2,1-2H3,(H,18,20,23). The number of likely N-dealkylation sites (tertiary alicyclic amines) is 1. The van der Waals surface area contributed by atoms with Crippen molar-refractivity contribution < 1.29 is 14.0 Å². The molecule has 1 N–H and O–H groups in total. The summed E-state index contributed by atoms with van der Waals surface area (Å²) in [4.78, 5) is 27.7. The second-order valence-corrected chi connectivity index (χ2v) is 6.91. The van der Waals surface area contributed by atoms with Gasteiger partial charge in [-0.25, -0.2) is 9.18 Å². The van der Waals surface area contributed by atoms with E-state index in [2.05, 4.69) is 15.5 Å². The number of anilines is 1. The second kappa shape index (κ2) is 7.14. The number of aromatic nitrogens is 2. The molecule has 0 aliphatic carbocycles. The van der Waals surface area contributed by atoms with E-state index in [1.807, 2.05) is 0 Å². The minimum absolute atomic E-state index is 0.179. The summed E-state index contributed by atoms with van der Waals surface area (Å²) >= 11 is 1.20. The number of carbonyl (C=O) groups excluding carboxylic acids is 2. The fourth-order valence-corrected chi connectivity index (χ4v) is 3.45. The topological polar surface area (TPSA) is 78.4 Å². The number of nitrogens with one attached hydrogen (secondary N) is 1. The Bertz CT molecular complexity index is 777. The van der Waals surface area contributed by atoms with Crippen molar-refractivity contribution in [2.45, 2.75) is 18.9 Å². The third-order valence-corrected chi connectivity index (χ3v) is 4.82. The number of urea groups is 1. The number of hydrogen-bond acceptors (Lipinski definition) is 5. The zero-order valence-electron chi connectivity index (χ0n) is 13.9. The van der Waals surface area contributed by atoms with Gasteiger partial charge in [0.1, 0.15) is 16.9 Å². The minimum atomic E-state index is -0.506. The predicted molar refractivity (Wildman–Crippen MR) is 92.7 cm³/mol. The average molecular weight is 363 g/mol. The van der Waals surface area contributed by atoms with Gasteiger partial charge in [-0.1, -0.05) is 11.3 Å². The van der Waals surface area contributed by atoms with E-state index in [0.29, 0.717) is 23.1 Å². The van der Waals surface area contributed by atoms with Crippen LogP contribution in [0.15, 0.2) is 24.3 Å². The Morgan fingerprint density at radius 1 is 1.28 bits per heavy atom. The van der Waals surface area contributed by atoms with Crippen LogP contribution in [0.2, 0.25) is 0 Å². The molecular weight excluding hydrogens is 345 g/mol. The summed E-state index contributed by atoms with van der Waals surface area (Å²) in [5, 5.41) is 11.7. The van der Waals surface area contributed by atoms with Crippen molar-refractivity contribution in [2.24, 2.45) is 0 Å². The smallest absolute Gasteiger partial charge is 0.320 e. The van der Waals surface area contributed by atoms with Gasteiger partial charge in [-0.15, -0.1) is 10.2 Å². The Morgan fingerprint density at radius 2 is 2.00 bits per heavy atom. The van der Waals surface area contributed by atoms with Crippen molar-refractivity contribution in [3.8, 4) is 10.6 Å². The summed E-state index contributed by atoms with van der Waals surface area (Å²) in [6.45, 7) is 0.562. The van der Waals surface area contributed by atoms with E-state index in [-0.39, 0.29) is 17.8 Å². The van der Waals surface area contributed by atoms with Crippen molar-refractivity contribution in [1.29, 1.82) is 0 Å². The first-order valence-electron chi connectivity index (χ1n) is 7.84. The number of hydrogen-bond donors (Lipinski definition) is 1. The van der Waals surface area contributed by atoms with E-state index in [0.717, 1.165) is 12.0 Å². The Kier molecular flexibility index (Phi) is 4.93. The van der Waals surface area contributed by atoms with E-state index in [9.17, 15) is 14.0 Å². The third kappa shape index (κ3) is 3.76. The molecule has 1 fully saturated rings. The van der Waals surface area contributed by atoms with Crippen LogP contribution in [-0.2, 0) is 4.79 Å². The zero-order chi connectivity index (χ0) is 18.0. The number of carbonyl (C=O) groups is 2. The summed E-state index contributed by atoms with van der Waals surface area (Å²) in [7, 11) is 3.32. The van der Waals surface area contributed by atoms with E-state index in [1.54, 1.807) is 31.1 Å². The molecular formula is C16H18FN5O2S. The number of halogens is 1. The number of nitrogens with zero attached hydrogens (tertiary/aromatic N) is 4. The second-order valence-electron chi connectivity index (χ2n) is 5.94. The van der Waals surface area contributed by atoms with Gasteiger partial charge in [-0.3, -0.25) is 10.1 Å². The molecule has 1 unspecified atom stereocenters. The number of rotatable bonds is 3. The molecule has 1 aromatic heterocycles. The van der Waals surface area contributed by atoms with Gasteiger partial charge in [-0.2, -0.15) is 0 Å². The highest BCUT2D eigenvalue weighted by atomic mass is 32.1. The highest BCUT2D eigenvalue weighted by Crippen LogP contribution is 2.27. The molecule has 3 rings (SSSR count). The lowest BCUT2D eigenvalue weighted by atomic mass is 10.2. The molecule has 0 spiro atoms. The molecule has 1 aliphatic heterocycles. The fourth-order valence-electron chi connectivity index (χ4n) is 2.70. The van der Waals surface area contributed by atoms with Gasteiger partial charge in [0.25, 0.3) is 0 Å². The molecule has 1 saturated heterocycles. The van der Waals surface area contributed by atoms with Crippen molar-refractivity contribution in [1.82, 2.24) is 20.0 Å². The molecule has 25 heavy (non-hydrogen) atoms. The molecule has 1 aliphatic rings. The lowest BCUT2D eigenvalue weighted by molar-refractivity contribution is -0.119. The first-order chi connectivity index (χ1) is 12.0. The van der Waals surface area contributed by atoms with Crippen molar-refractivity contribution >= 4 is 28.4 Å². The molecule has 0 saturated carbocycles. The van der Waals surface area contributed by atoms with E-state index < -0.39 is 6.04 Å². The van der Waals surface area contributed by atoms with Crippen LogP contribution in [0.4, 0.5) is 14.3 Å². The van der Waals surface area contributed by atoms with Crippen molar-refractivity contribution in [3.05, 3.63) is 30.1 Å². The van der Waals surface area contributed by atoms with Crippen molar-refractivity contribution in [2.75, 3.05) is 26.0 Å². The van der Waals surface area contributed by atoms with Crippen LogP contribution in [0.1, 0.15) is 12.8 Å². The first-order valence-corrected chi connectivity index (χ1v) is 8.65. The largest absolute Gasteiger partial charge is 0.331 e. The van der Waals surface area contributed by atoms with Gasteiger partial charge >= 0.3 is 6.03 Å². The SMILES string of the molecule is CN(C)C(=O)N1CCCC1C(=O)Nc1nnc(-c2ccc(F)cc2)s1. The summed E-state index contributed by atoms with van der Waals surface area (Å²) in [5.41, 5.74) is 0.727. The lowest BCUT2D eigenvalue weighted by Crippen LogP contribution is -2.47. The molecule has 7 nitrogen and oxygen atoms in total. The summed E-state index contributed by atoms with van der Waals surface area (Å²) < 4.78 is 13.0. The summed E-state index contributed by atoms with van der Waals surface area (Å²) in [6.07, 6.45) is 1.41. The normalized spacial score (nSPS) is 16.8. The Balaban J connectivity index is 1.69. The molecule has 0 bridgehead atoms. The third-order valence-electron chi connectivity index (χ3n) is 3.93. The molecule has 0 radical (unpaired) electrons. The molecule has 1 atom stereocenters. The number of benzene rings is 1. The van der Waals surface area contributed by atoms with Crippen LogP contribution < -0.4 is 5.32 Å². The predicted octanol–water partition coefficient (Wildman–Crippen LogP) is 2.43. The monoisotopic (exact) mass is 363 g/mol. The summed E-state index contributed by atoms with van der Waals surface area (Å²) in [6, 6.07) is 5.22. The minimum Gasteiger partial charge on any atom is -0.331 e. The maximum absolute atomic E-state index is 13.0. The molecule has 2 heterocycles. The highest BCUT2D eigenvalue weighted by Gasteiger charge is 2.35. The van der Waals surface area contributed by atoms with Gasteiger partial charge in [0.2, 0.25) is 11.0 Å². The van der Waals surface area contributed by atoms with Crippen LogP contribution in [0, 0.1) is 5.82 Å². The van der Waals surface area contributed by atoms with Gasteiger partial charge in [0.05, 0.1) is 0 Å². The average Bonchev–Trinajstić information content (AvgIpc) is 3.24. The van der Waals surface area contributed by atoms with Gasteiger partial charge in [0.15, 0.2) is 0 Å². The van der Waals surface area contributed by atoms with E-state index in [4.69, 9.17) is 0 Å². The molecule has 9 heteroatoms. The lowest BCUT2D eigenvalue weighted by Gasteiger charge is -2.26. The maximum atomic E-state index is 13.0. The van der Waals surface area contributed by atoms with Crippen LogP contribution in [-0.4, -0.2) is 58.6 Å². The van der Waals surface area contributed by atoms with Crippen LogP contribution in [0.25, 0.3) is 10.6 Å². The Morgan fingerprint density at radius 3 is 2.68 bits per heavy atom. The van der Waals surface area contributed by atoms with Gasteiger partial charge in [-0.05, 0) is 37.1 Å². The van der Waals surface area contributed by atoms with Crippen LogP contribution >= 0.6 is 11.3 Å². The molecule has 132 valence electrons.